The van der Waals surface area contributed by atoms with Crippen LogP contribution in [0.2, 0.25) is 0 Å². The lowest BCUT2D eigenvalue weighted by Gasteiger charge is -2.17. The Morgan fingerprint density at radius 1 is 0.952 bits per heavy atom. The lowest BCUT2D eigenvalue weighted by molar-refractivity contribution is 0.0988. The highest BCUT2D eigenvalue weighted by Gasteiger charge is 2.29. The van der Waals surface area contributed by atoms with Gasteiger partial charge in [0.25, 0.3) is 0 Å². The van der Waals surface area contributed by atoms with Crippen LogP contribution < -0.4 is 4.74 Å². The summed E-state index contributed by atoms with van der Waals surface area (Å²) in [7, 11) is 1.50. The van der Waals surface area contributed by atoms with E-state index in [-0.39, 0.29) is 11.6 Å². The molecule has 0 spiro atoms. The number of ether oxygens (including phenoxy) is 1. The van der Waals surface area contributed by atoms with Gasteiger partial charge < -0.3 is 4.74 Å². The number of benzene rings is 2. The van der Waals surface area contributed by atoms with E-state index in [1.54, 1.807) is 18.2 Å². The second-order valence-electron chi connectivity index (χ2n) is 4.50. The molecular weight excluding hydrogens is 284 g/mol. The lowest BCUT2D eigenvalue weighted by Crippen LogP contribution is -2.16. The molecule has 2 aromatic rings. The highest BCUT2D eigenvalue weighted by Crippen LogP contribution is 2.36. The number of thioether (sulfide) groups is 1. The number of carbonyl (C=O) groups is 2. The molecule has 2 aromatic carbocycles. The van der Waals surface area contributed by atoms with Crippen LogP contribution in [0.25, 0.3) is 0 Å². The quantitative estimate of drug-likeness (QED) is 0.865. The number of Topliss-reactive ketones (excluding diaryl/α,β-unsaturated/α-hetero) is 1. The van der Waals surface area contributed by atoms with Gasteiger partial charge in [-0.05, 0) is 18.2 Å². The van der Waals surface area contributed by atoms with Crippen molar-refractivity contribution in [1.82, 2.24) is 0 Å². The first kappa shape index (κ1) is 13.6. The lowest BCUT2D eigenvalue weighted by atomic mass is 9.94. The van der Waals surface area contributed by atoms with E-state index in [9.17, 15) is 9.59 Å². The molecule has 0 aliphatic heterocycles. The summed E-state index contributed by atoms with van der Waals surface area (Å²) in [6.45, 7) is 0. The molecular formula is C17H12O3S. The number of allylic oxidation sites excluding steroid dienone is 2. The van der Waals surface area contributed by atoms with Gasteiger partial charge in [0.2, 0.25) is 5.78 Å². The minimum absolute atomic E-state index is 0.165. The standard InChI is InChI=1S/C17H12O3S/c1-20-14-9-5-8-12-13(18)10-15(17(19)16(12)14)21-11-6-3-2-4-7-11/h2-10H,1H3. The third kappa shape index (κ3) is 2.50. The Morgan fingerprint density at radius 2 is 1.71 bits per heavy atom. The molecule has 3 nitrogen and oxygen atoms in total. The van der Waals surface area contributed by atoms with E-state index < -0.39 is 0 Å². The van der Waals surface area contributed by atoms with Crippen LogP contribution in [0.1, 0.15) is 20.7 Å². The Bertz CT molecular complexity index is 748. The van der Waals surface area contributed by atoms with Crippen molar-refractivity contribution in [3.63, 3.8) is 0 Å². The van der Waals surface area contributed by atoms with Crippen molar-refractivity contribution in [3.8, 4) is 5.75 Å². The van der Waals surface area contributed by atoms with E-state index in [1.165, 1.54) is 24.9 Å². The van der Waals surface area contributed by atoms with E-state index in [1.807, 2.05) is 30.3 Å². The molecule has 1 aliphatic carbocycles. The first-order chi connectivity index (χ1) is 10.2. The van der Waals surface area contributed by atoms with Crippen LogP contribution in [0.3, 0.4) is 0 Å². The SMILES string of the molecule is COc1cccc2c1C(=O)C(Sc1ccccc1)=CC2=O. The van der Waals surface area contributed by atoms with Crippen molar-refractivity contribution in [3.05, 3.63) is 70.6 Å². The normalized spacial score (nSPS) is 13.7. The fourth-order valence-corrected chi connectivity index (χ4v) is 3.13. The summed E-state index contributed by atoms with van der Waals surface area (Å²) in [4.78, 5) is 26.2. The van der Waals surface area contributed by atoms with Gasteiger partial charge in [0, 0.05) is 16.5 Å². The molecule has 0 saturated carbocycles. The molecule has 0 heterocycles. The fraction of sp³-hybridized carbons (Fsp3) is 0.0588. The fourth-order valence-electron chi connectivity index (χ4n) is 2.22. The summed E-state index contributed by atoms with van der Waals surface area (Å²) in [5.41, 5.74) is 0.752. The molecule has 0 radical (unpaired) electrons. The van der Waals surface area contributed by atoms with Gasteiger partial charge >= 0.3 is 0 Å². The largest absolute Gasteiger partial charge is 0.496 e. The number of carbonyl (C=O) groups excluding carboxylic acids is 2. The van der Waals surface area contributed by atoms with E-state index in [0.29, 0.717) is 21.8 Å². The smallest absolute Gasteiger partial charge is 0.204 e. The van der Waals surface area contributed by atoms with E-state index in [2.05, 4.69) is 0 Å². The maximum atomic E-state index is 12.6. The van der Waals surface area contributed by atoms with Crippen LogP contribution >= 0.6 is 11.8 Å². The highest BCUT2D eigenvalue weighted by atomic mass is 32.2. The van der Waals surface area contributed by atoms with E-state index >= 15 is 0 Å². The molecule has 104 valence electrons. The molecule has 1 aliphatic rings. The van der Waals surface area contributed by atoms with Gasteiger partial charge in [-0.2, -0.15) is 0 Å². The number of ketones is 2. The maximum Gasteiger partial charge on any atom is 0.204 e. The number of hydrogen-bond donors (Lipinski definition) is 0. The van der Waals surface area contributed by atoms with Crippen LogP contribution in [0, 0.1) is 0 Å². The van der Waals surface area contributed by atoms with Gasteiger partial charge in [0.05, 0.1) is 17.6 Å². The molecule has 0 amide bonds. The van der Waals surface area contributed by atoms with Crippen molar-refractivity contribution in [2.45, 2.75) is 4.90 Å². The first-order valence-electron chi connectivity index (χ1n) is 6.41. The Labute approximate surface area is 126 Å². The molecule has 0 fully saturated rings. The van der Waals surface area contributed by atoms with Crippen LogP contribution in [-0.4, -0.2) is 18.7 Å². The van der Waals surface area contributed by atoms with Crippen molar-refractivity contribution < 1.29 is 14.3 Å². The molecule has 0 N–H and O–H groups in total. The number of hydrogen-bond acceptors (Lipinski definition) is 4. The monoisotopic (exact) mass is 296 g/mol. The molecule has 4 heteroatoms. The van der Waals surface area contributed by atoms with Crippen molar-refractivity contribution >= 4 is 23.3 Å². The first-order valence-corrected chi connectivity index (χ1v) is 7.23. The summed E-state index contributed by atoms with van der Waals surface area (Å²) < 4.78 is 5.22. The predicted molar refractivity (Wildman–Crippen MR) is 82.0 cm³/mol. The summed E-state index contributed by atoms with van der Waals surface area (Å²) in [6, 6.07) is 14.6. The summed E-state index contributed by atoms with van der Waals surface area (Å²) in [5, 5.41) is 0. The second-order valence-corrected chi connectivity index (χ2v) is 5.62. The van der Waals surface area contributed by atoms with Crippen molar-refractivity contribution in [2.24, 2.45) is 0 Å². The van der Waals surface area contributed by atoms with E-state index in [0.717, 1.165) is 4.90 Å². The van der Waals surface area contributed by atoms with Crippen molar-refractivity contribution in [2.75, 3.05) is 7.11 Å². The van der Waals surface area contributed by atoms with Crippen LogP contribution in [-0.2, 0) is 0 Å². The summed E-state index contributed by atoms with van der Waals surface area (Å²) in [6.07, 6.45) is 1.40. The Hall–Kier alpha value is -2.33. The van der Waals surface area contributed by atoms with E-state index in [4.69, 9.17) is 4.74 Å². The average Bonchev–Trinajstić information content (AvgIpc) is 2.52. The number of methoxy groups -OCH3 is 1. The Morgan fingerprint density at radius 3 is 2.43 bits per heavy atom. The predicted octanol–water partition coefficient (Wildman–Crippen LogP) is 3.75. The zero-order chi connectivity index (χ0) is 14.8. The van der Waals surface area contributed by atoms with Gasteiger partial charge in [0.15, 0.2) is 5.78 Å². The van der Waals surface area contributed by atoms with Crippen LogP contribution in [0.4, 0.5) is 0 Å². The van der Waals surface area contributed by atoms with Crippen molar-refractivity contribution in [1.29, 1.82) is 0 Å². The molecule has 0 aromatic heterocycles. The number of fused-ring (bicyclic) bond motifs is 1. The third-order valence-electron chi connectivity index (χ3n) is 3.20. The third-order valence-corrected chi connectivity index (χ3v) is 4.23. The van der Waals surface area contributed by atoms with Gasteiger partial charge in [0.1, 0.15) is 5.75 Å². The highest BCUT2D eigenvalue weighted by molar-refractivity contribution is 8.04. The average molecular weight is 296 g/mol. The molecule has 3 rings (SSSR count). The van der Waals surface area contributed by atoms with Gasteiger partial charge in [-0.3, -0.25) is 9.59 Å². The van der Waals surface area contributed by atoms with Crippen LogP contribution in [0.15, 0.2) is 64.4 Å². The molecule has 0 atom stereocenters. The maximum absolute atomic E-state index is 12.6. The minimum atomic E-state index is -0.170. The summed E-state index contributed by atoms with van der Waals surface area (Å²) in [5.74, 6) is 0.0999. The Kier molecular flexibility index (Phi) is 3.62. The molecule has 0 bridgehead atoms. The second kappa shape index (κ2) is 5.58. The molecule has 0 unspecified atom stereocenters. The van der Waals surface area contributed by atoms with Crippen LogP contribution in [0.5, 0.6) is 5.75 Å². The topological polar surface area (TPSA) is 43.4 Å². The summed E-state index contributed by atoms with van der Waals surface area (Å²) >= 11 is 1.29. The van der Waals surface area contributed by atoms with Gasteiger partial charge in [-0.25, -0.2) is 0 Å². The van der Waals surface area contributed by atoms with Gasteiger partial charge in [-0.1, -0.05) is 42.1 Å². The Balaban J connectivity index is 2.02. The van der Waals surface area contributed by atoms with Gasteiger partial charge in [-0.15, -0.1) is 0 Å². The molecule has 21 heavy (non-hydrogen) atoms. The number of rotatable bonds is 3. The minimum Gasteiger partial charge on any atom is -0.496 e. The zero-order valence-corrected chi connectivity index (χ0v) is 12.1. The zero-order valence-electron chi connectivity index (χ0n) is 11.3. The molecule has 0 saturated heterocycles.